The molecule has 1 heterocycles. The van der Waals surface area contributed by atoms with Crippen molar-refractivity contribution in [3.05, 3.63) is 52.7 Å². The summed E-state index contributed by atoms with van der Waals surface area (Å²) in [5.74, 6) is -0.0903. The topological polar surface area (TPSA) is 74.4 Å². The summed E-state index contributed by atoms with van der Waals surface area (Å²) in [6, 6.07) is 10.0. The number of halogens is 1. The molecule has 0 bridgehead atoms. The van der Waals surface area contributed by atoms with Crippen LogP contribution in [0.25, 0.3) is 0 Å². The van der Waals surface area contributed by atoms with Crippen LogP contribution in [0.15, 0.2) is 36.4 Å². The van der Waals surface area contributed by atoms with Gasteiger partial charge in [-0.1, -0.05) is 23.7 Å². The van der Waals surface area contributed by atoms with E-state index in [4.69, 9.17) is 26.8 Å². The van der Waals surface area contributed by atoms with E-state index in [0.717, 1.165) is 0 Å². The number of pyridine rings is 1. The summed E-state index contributed by atoms with van der Waals surface area (Å²) in [5.41, 5.74) is 6.78. The fourth-order valence-corrected chi connectivity index (χ4v) is 1.78. The number of benzene rings is 1. The van der Waals surface area contributed by atoms with Gasteiger partial charge in [0.2, 0.25) is 5.88 Å². The molecule has 5 nitrogen and oxygen atoms in total. The second kappa shape index (κ2) is 6.25. The molecule has 104 valence electrons. The third-order valence-corrected chi connectivity index (χ3v) is 3.01. The third kappa shape index (κ3) is 3.19. The number of rotatable bonds is 4. The number of nitrogens with zero attached hydrogens (tertiary/aromatic N) is 1. The lowest BCUT2D eigenvalue weighted by molar-refractivity contribution is 0.0467. The van der Waals surface area contributed by atoms with E-state index in [1.807, 2.05) is 0 Å². The van der Waals surface area contributed by atoms with Gasteiger partial charge < -0.3 is 15.2 Å². The zero-order chi connectivity index (χ0) is 14.5. The maximum atomic E-state index is 11.9. The van der Waals surface area contributed by atoms with Crippen molar-refractivity contribution >= 4 is 23.3 Å². The highest BCUT2D eigenvalue weighted by Crippen LogP contribution is 2.23. The molecule has 0 saturated carbocycles. The minimum absolute atomic E-state index is 0.0289. The largest absolute Gasteiger partial charge is 0.481 e. The highest BCUT2D eigenvalue weighted by Gasteiger charge is 2.14. The molecular weight excluding hydrogens is 280 g/mol. The number of ether oxygens (including phenoxy) is 2. The molecule has 0 radical (unpaired) electrons. The van der Waals surface area contributed by atoms with Crippen LogP contribution in [0.5, 0.6) is 5.88 Å². The van der Waals surface area contributed by atoms with E-state index in [2.05, 4.69) is 4.98 Å². The lowest BCUT2D eigenvalue weighted by Gasteiger charge is -2.08. The predicted octanol–water partition coefficient (Wildman–Crippen LogP) is 2.68. The number of methoxy groups -OCH3 is 1. The standard InChI is InChI=1S/C14H13ClN2O3/c1-19-12-7-2-4-9(17-12)8-20-14(18)10-5-3-6-11(16)13(10)15/h2-7H,8,16H2,1H3. The first-order valence-corrected chi connectivity index (χ1v) is 6.20. The van der Waals surface area contributed by atoms with Crippen LogP contribution in [-0.2, 0) is 11.3 Å². The van der Waals surface area contributed by atoms with Gasteiger partial charge in [-0.05, 0) is 18.2 Å². The summed E-state index contributed by atoms with van der Waals surface area (Å²) in [6.45, 7) is 0.0289. The van der Waals surface area contributed by atoms with E-state index in [-0.39, 0.29) is 17.2 Å². The Morgan fingerprint density at radius 1 is 1.30 bits per heavy atom. The molecule has 2 rings (SSSR count). The molecule has 2 N–H and O–H groups in total. The fourth-order valence-electron chi connectivity index (χ4n) is 1.58. The van der Waals surface area contributed by atoms with Gasteiger partial charge in [0.15, 0.2) is 0 Å². The number of hydrogen-bond donors (Lipinski definition) is 1. The van der Waals surface area contributed by atoms with E-state index in [1.54, 1.807) is 36.4 Å². The van der Waals surface area contributed by atoms with Gasteiger partial charge >= 0.3 is 5.97 Å². The Bertz CT molecular complexity index is 632. The normalized spacial score (nSPS) is 10.1. The number of hydrogen-bond acceptors (Lipinski definition) is 5. The zero-order valence-electron chi connectivity index (χ0n) is 10.8. The summed E-state index contributed by atoms with van der Waals surface area (Å²) in [7, 11) is 1.52. The molecular formula is C14H13ClN2O3. The van der Waals surface area contributed by atoms with Crippen LogP contribution in [0.3, 0.4) is 0 Å². The molecule has 1 aromatic carbocycles. The van der Waals surface area contributed by atoms with Crippen LogP contribution in [0.2, 0.25) is 5.02 Å². The maximum Gasteiger partial charge on any atom is 0.340 e. The molecule has 20 heavy (non-hydrogen) atoms. The SMILES string of the molecule is COc1cccc(COC(=O)c2cccc(N)c2Cl)n1. The Morgan fingerprint density at radius 3 is 2.80 bits per heavy atom. The number of aromatic nitrogens is 1. The highest BCUT2D eigenvalue weighted by atomic mass is 35.5. The Morgan fingerprint density at radius 2 is 2.05 bits per heavy atom. The van der Waals surface area contributed by atoms with Gasteiger partial charge in [0.25, 0.3) is 0 Å². The molecule has 0 amide bonds. The van der Waals surface area contributed by atoms with Crippen LogP contribution in [0, 0.1) is 0 Å². The lowest BCUT2D eigenvalue weighted by Crippen LogP contribution is -2.08. The van der Waals surface area contributed by atoms with Crippen LogP contribution in [0.4, 0.5) is 5.69 Å². The molecule has 6 heteroatoms. The number of carbonyl (C=O) groups excluding carboxylic acids is 1. The summed E-state index contributed by atoms with van der Waals surface area (Å²) in [5, 5.41) is 0.191. The quantitative estimate of drug-likeness (QED) is 0.693. The number of anilines is 1. The second-order valence-corrected chi connectivity index (χ2v) is 4.33. The minimum Gasteiger partial charge on any atom is -0.481 e. The molecule has 2 aromatic rings. The second-order valence-electron chi connectivity index (χ2n) is 3.96. The maximum absolute atomic E-state index is 11.9. The first-order chi connectivity index (χ1) is 9.61. The van der Waals surface area contributed by atoms with Crippen LogP contribution in [-0.4, -0.2) is 18.1 Å². The average molecular weight is 293 g/mol. The van der Waals surface area contributed by atoms with E-state index >= 15 is 0 Å². The molecule has 1 aromatic heterocycles. The number of nitrogens with two attached hydrogens (primary N) is 1. The van der Waals surface area contributed by atoms with Crippen molar-refractivity contribution in [2.45, 2.75) is 6.61 Å². The minimum atomic E-state index is -0.549. The number of esters is 1. The number of nitrogen functional groups attached to an aromatic ring is 1. The first kappa shape index (κ1) is 14.1. The molecule has 0 spiro atoms. The van der Waals surface area contributed by atoms with Crippen LogP contribution < -0.4 is 10.5 Å². The van der Waals surface area contributed by atoms with Gasteiger partial charge in [-0.3, -0.25) is 0 Å². The Kier molecular flexibility index (Phi) is 4.42. The molecule has 0 aliphatic heterocycles. The lowest BCUT2D eigenvalue weighted by atomic mass is 10.2. The zero-order valence-corrected chi connectivity index (χ0v) is 11.6. The molecule has 0 fully saturated rings. The fraction of sp³-hybridized carbons (Fsp3) is 0.143. The summed E-state index contributed by atoms with van der Waals surface area (Å²) in [4.78, 5) is 16.1. The van der Waals surface area contributed by atoms with E-state index in [0.29, 0.717) is 17.3 Å². The van der Waals surface area contributed by atoms with Crippen molar-refractivity contribution in [2.75, 3.05) is 12.8 Å². The van der Waals surface area contributed by atoms with Crippen molar-refractivity contribution in [1.29, 1.82) is 0 Å². The van der Waals surface area contributed by atoms with Crippen molar-refractivity contribution in [3.63, 3.8) is 0 Å². The monoisotopic (exact) mass is 292 g/mol. The van der Waals surface area contributed by atoms with Crippen molar-refractivity contribution in [1.82, 2.24) is 4.98 Å². The third-order valence-electron chi connectivity index (χ3n) is 2.59. The molecule has 0 saturated heterocycles. The predicted molar refractivity (Wildman–Crippen MR) is 75.8 cm³/mol. The highest BCUT2D eigenvalue weighted by molar-refractivity contribution is 6.36. The smallest absolute Gasteiger partial charge is 0.340 e. The van der Waals surface area contributed by atoms with Crippen molar-refractivity contribution in [3.8, 4) is 5.88 Å². The summed E-state index contributed by atoms with van der Waals surface area (Å²) >= 11 is 5.96. The van der Waals surface area contributed by atoms with E-state index < -0.39 is 5.97 Å². The Hall–Kier alpha value is -2.27. The molecule has 0 unspecified atom stereocenters. The summed E-state index contributed by atoms with van der Waals surface area (Å²) in [6.07, 6.45) is 0. The van der Waals surface area contributed by atoms with Crippen LogP contribution >= 0.6 is 11.6 Å². The molecule has 0 aliphatic rings. The Balaban J connectivity index is 2.06. The van der Waals surface area contributed by atoms with Gasteiger partial charge in [-0.2, -0.15) is 0 Å². The van der Waals surface area contributed by atoms with Gasteiger partial charge in [-0.15, -0.1) is 0 Å². The first-order valence-electron chi connectivity index (χ1n) is 5.83. The van der Waals surface area contributed by atoms with Gasteiger partial charge in [0, 0.05) is 6.07 Å². The van der Waals surface area contributed by atoms with E-state index in [1.165, 1.54) is 7.11 Å². The van der Waals surface area contributed by atoms with Crippen LogP contribution in [0.1, 0.15) is 16.1 Å². The van der Waals surface area contributed by atoms with Gasteiger partial charge in [-0.25, -0.2) is 9.78 Å². The van der Waals surface area contributed by atoms with Crippen molar-refractivity contribution < 1.29 is 14.3 Å². The molecule has 0 atom stereocenters. The summed E-state index contributed by atoms with van der Waals surface area (Å²) < 4.78 is 10.1. The Labute approximate surface area is 121 Å². The molecule has 0 aliphatic carbocycles. The van der Waals surface area contributed by atoms with Gasteiger partial charge in [0.1, 0.15) is 6.61 Å². The van der Waals surface area contributed by atoms with Crippen molar-refractivity contribution in [2.24, 2.45) is 0 Å². The average Bonchev–Trinajstić information content (AvgIpc) is 2.48. The number of carbonyl (C=O) groups is 1. The van der Waals surface area contributed by atoms with Gasteiger partial charge in [0.05, 0.1) is 29.1 Å². The van der Waals surface area contributed by atoms with E-state index in [9.17, 15) is 4.79 Å².